The van der Waals surface area contributed by atoms with E-state index in [1.165, 1.54) is 16.9 Å². The summed E-state index contributed by atoms with van der Waals surface area (Å²) in [5, 5.41) is 8.23. The van der Waals surface area contributed by atoms with E-state index in [9.17, 15) is 4.79 Å². The summed E-state index contributed by atoms with van der Waals surface area (Å²) in [5.41, 5.74) is 3.18. The molecule has 3 aliphatic rings. The molecule has 1 fully saturated rings. The molecular weight excluding hydrogens is 346 g/mol. The van der Waals surface area contributed by atoms with E-state index in [2.05, 4.69) is 28.5 Å². The van der Waals surface area contributed by atoms with E-state index in [1.54, 1.807) is 11.3 Å². The maximum absolute atomic E-state index is 12.7. The Balaban J connectivity index is 1.53. The number of thiophene rings is 1. The van der Waals surface area contributed by atoms with E-state index >= 15 is 0 Å². The Morgan fingerprint density at radius 1 is 1.31 bits per heavy atom. The lowest BCUT2D eigenvalue weighted by atomic mass is 9.88. The van der Waals surface area contributed by atoms with Crippen LogP contribution in [0, 0.1) is 5.92 Å². The van der Waals surface area contributed by atoms with Gasteiger partial charge in [-0.2, -0.15) is 4.98 Å². The summed E-state index contributed by atoms with van der Waals surface area (Å²) >= 11 is 1.69. The molecule has 3 aliphatic carbocycles. The number of allylic oxidation sites excluding steroid dienone is 1. The Kier molecular flexibility index (Phi) is 3.96. The molecule has 0 aliphatic heterocycles. The van der Waals surface area contributed by atoms with Gasteiger partial charge >= 0.3 is 0 Å². The highest BCUT2D eigenvalue weighted by Crippen LogP contribution is 2.46. The van der Waals surface area contributed by atoms with Crippen molar-refractivity contribution >= 4 is 22.2 Å². The average Bonchev–Trinajstić information content (AvgIpc) is 3.04. The number of nitrogens with one attached hydrogen (secondary N) is 1. The standard InChI is InChI=1S/C20H23N3O2S/c1-11-6-9-14-15(10-11)26-20(22-18(24)13-4-2-3-5-13)16(14)19-21-17(23-25-19)12-7-8-12/h4,11-12H,2-3,5-10H2,1H3,(H,22,24). The van der Waals surface area contributed by atoms with Crippen LogP contribution in [0.25, 0.3) is 11.5 Å². The number of carbonyl (C=O) groups is 1. The van der Waals surface area contributed by atoms with E-state index < -0.39 is 0 Å². The van der Waals surface area contributed by atoms with E-state index in [-0.39, 0.29) is 5.91 Å². The van der Waals surface area contributed by atoms with Crippen molar-refractivity contribution in [3.8, 4) is 11.5 Å². The fraction of sp³-hybridized carbons (Fsp3) is 0.550. The molecule has 1 atom stereocenters. The van der Waals surface area contributed by atoms with Crippen LogP contribution in [-0.4, -0.2) is 16.0 Å². The zero-order chi connectivity index (χ0) is 17.7. The number of anilines is 1. The molecule has 1 unspecified atom stereocenters. The van der Waals surface area contributed by atoms with Crippen molar-refractivity contribution in [3.63, 3.8) is 0 Å². The van der Waals surface area contributed by atoms with Gasteiger partial charge in [0.2, 0.25) is 0 Å². The third-order valence-electron chi connectivity index (χ3n) is 5.67. The van der Waals surface area contributed by atoms with Crippen LogP contribution in [0.3, 0.4) is 0 Å². The number of hydrogen-bond acceptors (Lipinski definition) is 5. The maximum atomic E-state index is 12.7. The van der Waals surface area contributed by atoms with Gasteiger partial charge in [0.1, 0.15) is 5.00 Å². The van der Waals surface area contributed by atoms with Crippen molar-refractivity contribution < 1.29 is 9.32 Å². The molecule has 0 bridgehead atoms. The molecular formula is C20H23N3O2S. The van der Waals surface area contributed by atoms with Crippen molar-refractivity contribution in [1.29, 1.82) is 0 Å². The predicted octanol–water partition coefficient (Wildman–Crippen LogP) is 4.85. The molecule has 1 N–H and O–H groups in total. The highest BCUT2D eigenvalue weighted by atomic mass is 32.1. The minimum atomic E-state index is 0.0253. The van der Waals surface area contributed by atoms with Gasteiger partial charge in [-0.1, -0.05) is 18.2 Å². The molecule has 1 saturated carbocycles. The fourth-order valence-corrected chi connectivity index (χ4v) is 5.37. The lowest BCUT2D eigenvalue weighted by Crippen LogP contribution is -2.13. The van der Waals surface area contributed by atoms with Gasteiger partial charge in [-0.25, -0.2) is 0 Å². The summed E-state index contributed by atoms with van der Waals surface area (Å²) in [6, 6.07) is 0. The van der Waals surface area contributed by atoms with Crippen LogP contribution in [0.4, 0.5) is 5.00 Å². The average molecular weight is 369 g/mol. The molecule has 0 saturated heterocycles. The van der Waals surface area contributed by atoms with Crippen molar-refractivity contribution in [2.24, 2.45) is 5.92 Å². The first-order valence-corrected chi connectivity index (χ1v) is 10.5. The van der Waals surface area contributed by atoms with Gasteiger partial charge in [-0.15, -0.1) is 11.3 Å². The zero-order valence-electron chi connectivity index (χ0n) is 15.0. The van der Waals surface area contributed by atoms with Crippen molar-refractivity contribution in [2.75, 3.05) is 5.32 Å². The molecule has 2 aromatic rings. The number of amides is 1. The lowest BCUT2D eigenvalue weighted by molar-refractivity contribution is -0.112. The monoisotopic (exact) mass is 369 g/mol. The van der Waals surface area contributed by atoms with Crippen molar-refractivity contribution in [1.82, 2.24) is 10.1 Å². The van der Waals surface area contributed by atoms with Gasteiger partial charge in [0.25, 0.3) is 11.8 Å². The van der Waals surface area contributed by atoms with Gasteiger partial charge in [0.15, 0.2) is 5.82 Å². The molecule has 0 aromatic carbocycles. The highest BCUT2D eigenvalue weighted by Gasteiger charge is 2.32. The third kappa shape index (κ3) is 2.90. The molecule has 5 nitrogen and oxygen atoms in total. The van der Waals surface area contributed by atoms with Crippen molar-refractivity contribution in [2.45, 2.75) is 64.2 Å². The normalized spacial score (nSPS) is 22.2. The number of carbonyl (C=O) groups excluding carboxylic acids is 1. The van der Waals surface area contributed by atoms with Crippen LogP contribution in [-0.2, 0) is 17.6 Å². The van der Waals surface area contributed by atoms with E-state index in [0.29, 0.717) is 17.7 Å². The molecule has 136 valence electrons. The van der Waals surface area contributed by atoms with Crippen LogP contribution in [0.2, 0.25) is 0 Å². The summed E-state index contributed by atoms with van der Waals surface area (Å²) in [6.45, 7) is 2.29. The number of hydrogen-bond donors (Lipinski definition) is 1. The molecule has 2 heterocycles. The van der Waals surface area contributed by atoms with E-state index in [0.717, 1.165) is 66.9 Å². The molecule has 0 radical (unpaired) electrons. The Hall–Kier alpha value is -1.95. The highest BCUT2D eigenvalue weighted by molar-refractivity contribution is 7.17. The van der Waals surface area contributed by atoms with Gasteiger partial charge < -0.3 is 9.84 Å². The fourth-order valence-electron chi connectivity index (χ4n) is 3.97. The smallest absolute Gasteiger partial charge is 0.261 e. The Morgan fingerprint density at radius 3 is 2.96 bits per heavy atom. The molecule has 6 heteroatoms. The number of rotatable bonds is 4. The zero-order valence-corrected chi connectivity index (χ0v) is 15.8. The Morgan fingerprint density at radius 2 is 2.19 bits per heavy atom. The minimum absolute atomic E-state index is 0.0253. The van der Waals surface area contributed by atoms with E-state index in [4.69, 9.17) is 4.52 Å². The summed E-state index contributed by atoms with van der Waals surface area (Å²) in [5.74, 6) is 2.57. The summed E-state index contributed by atoms with van der Waals surface area (Å²) in [6.07, 6.45) is 10.5. The van der Waals surface area contributed by atoms with Crippen LogP contribution < -0.4 is 5.32 Å². The minimum Gasteiger partial charge on any atom is -0.334 e. The first-order valence-electron chi connectivity index (χ1n) is 9.68. The molecule has 1 amide bonds. The number of fused-ring (bicyclic) bond motifs is 1. The summed E-state index contributed by atoms with van der Waals surface area (Å²) in [4.78, 5) is 18.7. The number of nitrogens with zero attached hydrogens (tertiary/aromatic N) is 2. The second-order valence-corrected chi connectivity index (χ2v) is 8.97. The van der Waals surface area contributed by atoms with Crippen LogP contribution in [0.15, 0.2) is 16.2 Å². The SMILES string of the molecule is CC1CCc2c(sc(NC(=O)C3=CCCC3)c2-c2nc(C3CC3)no2)C1. The summed E-state index contributed by atoms with van der Waals surface area (Å²) < 4.78 is 5.63. The molecule has 26 heavy (non-hydrogen) atoms. The largest absolute Gasteiger partial charge is 0.334 e. The number of aromatic nitrogens is 2. The Bertz CT molecular complexity index is 891. The molecule has 0 spiro atoms. The first-order chi connectivity index (χ1) is 12.7. The molecule has 2 aromatic heterocycles. The van der Waals surface area contributed by atoms with Gasteiger partial charge in [-0.3, -0.25) is 4.79 Å². The van der Waals surface area contributed by atoms with Gasteiger partial charge in [0, 0.05) is 16.4 Å². The van der Waals surface area contributed by atoms with E-state index in [1.807, 2.05) is 0 Å². The second-order valence-electron chi connectivity index (χ2n) is 7.86. The lowest BCUT2D eigenvalue weighted by Gasteiger charge is -2.18. The third-order valence-corrected chi connectivity index (χ3v) is 6.84. The molecule has 5 rings (SSSR count). The van der Waals surface area contributed by atoms with Crippen LogP contribution in [0.1, 0.15) is 67.6 Å². The van der Waals surface area contributed by atoms with Crippen LogP contribution >= 0.6 is 11.3 Å². The summed E-state index contributed by atoms with van der Waals surface area (Å²) in [7, 11) is 0. The Labute approximate surface area is 156 Å². The maximum Gasteiger partial charge on any atom is 0.261 e. The van der Waals surface area contributed by atoms with Crippen LogP contribution in [0.5, 0.6) is 0 Å². The quantitative estimate of drug-likeness (QED) is 0.836. The first kappa shape index (κ1) is 16.2. The predicted molar refractivity (Wildman–Crippen MR) is 101 cm³/mol. The second kappa shape index (κ2) is 6.34. The van der Waals surface area contributed by atoms with Gasteiger partial charge in [-0.05, 0) is 62.8 Å². The van der Waals surface area contributed by atoms with Crippen molar-refractivity contribution in [3.05, 3.63) is 27.9 Å². The topological polar surface area (TPSA) is 68.0 Å². The van der Waals surface area contributed by atoms with Gasteiger partial charge in [0.05, 0.1) is 5.56 Å².